The van der Waals surface area contributed by atoms with E-state index in [-0.39, 0.29) is 4.90 Å². The number of halogens is 1. The molecule has 0 unspecified atom stereocenters. The van der Waals surface area contributed by atoms with Gasteiger partial charge in [-0.15, -0.1) is 0 Å². The maximum Gasteiger partial charge on any atom is 0.261 e. The molecule has 0 spiro atoms. The SMILES string of the molecule is CCCn1cnc2c(NS(=O)(=O)c3ccc(Cl)cc3)c(C)c(C)cc21. The lowest BCUT2D eigenvalue weighted by atomic mass is 10.1. The quantitative estimate of drug-likeness (QED) is 0.711. The summed E-state index contributed by atoms with van der Waals surface area (Å²) < 4.78 is 30.3. The molecule has 3 rings (SSSR count). The Hall–Kier alpha value is -2.05. The highest BCUT2D eigenvalue weighted by molar-refractivity contribution is 7.92. The van der Waals surface area contributed by atoms with Gasteiger partial charge in [-0.05, 0) is 61.7 Å². The molecule has 0 aliphatic rings. The topological polar surface area (TPSA) is 64.0 Å². The minimum atomic E-state index is -3.72. The largest absolute Gasteiger partial charge is 0.331 e. The molecule has 0 atom stereocenters. The molecule has 0 fully saturated rings. The van der Waals surface area contributed by atoms with Crippen molar-refractivity contribution in [3.8, 4) is 0 Å². The van der Waals surface area contributed by atoms with Gasteiger partial charge in [0.25, 0.3) is 10.0 Å². The number of anilines is 1. The molecular weight excluding hydrogens is 358 g/mol. The highest BCUT2D eigenvalue weighted by Gasteiger charge is 2.20. The van der Waals surface area contributed by atoms with Crippen molar-refractivity contribution < 1.29 is 8.42 Å². The summed E-state index contributed by atoms with van der Waals surface area (Å²) >= 11 is 5.85. The van der Waals surface area contributed by atoms with Gasteiger partial charge in [0.2, 0.25) is 0 Å². The Morgan fingerprint density at radius 2 is 1.88 bits per heavy atom. The van der Waals surface area contributed by atoms with Crippen LogP contribution in [-0.4, -0.2) is 18.0 Å². The molecule has 1 aromatic heterocycles. The van der Waals surface area contributed by atoms with E-state index in [1.807, 2.05) is 24.5 Å². The fraction of sp³-hybridized carbons (Fsp3) is 0.278. The molecule has 25 heavy (non-hydrogen) atoms. The van der Waals surface area contributed by atoms with E-state index >= 15 is 0 Å². The lowest BCUT2D eigenvalue weighted by Gasteiger charge is -2.14. The van der Waals surface area contributed by atoms with Crippen LogP contribution >= 0.6 is 11.6 Å². The van der Waals surface area contributed by atoms with Gasteiger partial charge in [0, 0.05) is 11.6 Å². The van der Waals surface area contributed by atoms with Gasteiger partial charge in [-0.3, -0.25) is 4.72 Å². The first-order chi connectivity index (χ1) is 11.8. The molecule has 0 aliphatic carbocycles. The fourth-order valence-corrected chi connectivity index (χ4v) is 4.03. The molecule has 1 N–H and O–H groups in total. The van der Waals surface area contributed by atoms with Crippen molar-refractivity contribution >= 4 is 38.3 Å². The van der Waals surface area contributed by atoms with Crippen molar-refractivity contribution in [3.05, 3.63) is 52.8 Å². The van der Waals surface area contributed by atoms with Gasteiger partial charge in [0.1, 0.15) is 5.52 Å². The summed E-state index contributed by atoms with van der Waals surface area (Å²) in [4.78, 5) is 4.61. The highest BCUT2D eigenvalue weighted by Crippen LogP contribution is 2.31. The van der Waals surface area contributed by atoms with Crippen LogP contribution in [0.2, 0.25) is 5.02 Å². The highest BCUT2D eigenvalue weighted by atomic mass is 35.5. The number of hydrogen-bond acceptors (Lipinski definition) is 3. The summed E-state index contributed by atoms with van der Waals surface area (Å²) in [7, 11) is -3.72. The van der Waals surface area contributed by atoms with Gasteiger partial charge in [-0.1, -0.05) is 18.5 Å². The van der Waals surface area contributed by atoms with Crippen molar-refractivity contribution in [3.63, 3.8) is 0 Å². The van der Waals surface area contributed by atoms with Crippen LogP contribution in [0.1, 0.15) is 24.5 Å². The first kappa shape index (κ1) is 17.8. The number of fused-ring (bicyclic) bond motifs is 1. The van der Waals surface area contributed by atoms with Crippen LogP contribution in [0, 0.1) is 13.8 Å². The molecule has 0 saturated heterocycles. The van der Waals surface area contributed by atoms with E-state index in [1.54, 1.807) is 18.5 Å². The minimum absolute atomic E-state index is 0.166. The smallest absolute Gasteiger partial charge is 0.261 e. The number of aromatic nitrogens is 2. The predicted octanol–water partition coefficient (Wildman–Crippen LogP) is 4.52. The third-order valence-electron chi connectivity index (χ3n) is 4.26. The molecule has 5 nitrogen and oxygen atoms in total. The average Bonchev–Trinajstić information content (AvgIpc) is 2.95. The summed E-state index contributed by atoms with van der Waals surface area (Å²) in [6.45, 7) is 6.80. The zero-order chi connectivity index (χ0) is 18.2. The summed E-state index contributed by atoms with van der Waals surface area (Å²) in [6.07, 6.45) is 2.73. The van der Waals surface area contributed by atoms with Crippen LogP contribution in [0.5, 0.6) is 0 Å². The van der Waals surface area contributed by atoms with Crippen molar-refractivity contribution in [2.24, 2.45) is 0 Å². The standard InChI is InChI=1S/C18H20ClN3O2S/c1-4-9-22-11-20-18-16(22)10-12(2)13(3)17(18)21-25(23,24)15-7-5-14(19)6-8-15/h5-8,10-11,21H,4,9H2,1-3H3. The molecule has 7 heteroatoms. The molecule has 1 heterocycles. The van der Waals surface area contributed by atoms with Crippen molar-refractivity contribution in [2.75, 3.05) is 4.72 Å². The number of hydrogen-bond donors (Lipinski definition) is 1. The normalized spacial score (nSPS) is 11.8. The summed E-state index contributed by atoms with van der Waals surface area (Å²) in [5, 5.41) is 0.492. The van der Waals surface area contributed by atoms with Crippen LogP contribution in [0.3, 0.4) is 0 Å². The Balaban J connectivity index is 2.12. The number of rotatable bonds is 5. The number of benzene rings is 2. The van der Waals surface area contributed by atoms with Gasteiger partial charge in [-0.25, -0.2) is 13.4 Å². The zero-order valence-corrected chi connectivity index (χ0v) is 15.9. The predicted molar refractivity (Wildman–Crippen MR) is 102 cm³/mol. The number of aryl methyl sites for hydroxylation is 2. The van der Waals surface area contributed by atoms with Crippen LogP contribution < -0.4 is 4.72 Å². The van der Waals surface area contributed by atoms with Gasteiger partial charge in [0.15, 0.2) is 0 Å². The molecular formula is C18H20ClN3O2S. The third kappa shape index (κ3) is 3.37. The molecule has 0 radical (unpaired) electrons. The number of nitrogens with one attached hydrogen (secondary N) is 1. The molecule has 0 amide bonds. The van der Waals surface area contributed by atoms with E-state index in [1.165, 1.54) is 12.1 Å². The van der Waals surface area contributed by atoms with Crippen molar-refractivity contribution in [1.29, 1.82) is 0 Å². The number of imidazole rings is 1. The molecule has 0 bridgehead atoms. The first-order valence-electron chi connectivity index (χ1n) is 8.07. The van der Waals surface area contributed by atoms with E-state index in [9.17, 15) is 8.42 Å². The molecule has 2 aromatic carbocycles. The minimum Gasteiger partial charge on any atom is -0.331 e. The average molecular weight is 378 g/mol. The van der Waals surface area contributed by atoms with Gasteiger partial charge >= 0.3 is 0 Å². The monoisotopic (exact) mass is 377 g/mol. The van der Waals surface area contributed by atoms with Crippen LogP contribution in [0.15, 0.2) is 41.6 Å². The van der Waals surface area contributed by atoms with E-state index in [4.69, 9.17) is 11.6 Å². The maximum atomic E-state index is 12.8. The molecule has 132 valence electrons. The van der Waals surface area contributed by atoms with Crippen LogP contribution in [-0.2, 0) is 16.6 Å². The lowest BCUT2D eigenvalue weighted by Crippen LogP contribution is -2.14. The zero-order valence-electron chi connectivity index (χ0n) is 14.4. The summed E-state index contributed by atoms with van der Waals surface area (Å²) in [5.41, 5.74) is 4.00. The number of sulfonamides is 1. The second-order valence-electron chi connectivity index (χ2n) is 6.06. The fourth-order valence-electron chi connectivity index (χ4n) is 2.77. The Morgan fingerprint density at radius 1 is 1.20 bits per heavy atom. The van der Waals surface area contributed by atoms with Crippen LogP contribution in [0.25, 0.3) is 11.0 Å². The molecule has 0 aliphatic heterocycles. The third-order valence-corrected chi connectivity index (χ3v) is 5.88. The Labute approximate surface area is 152 Å². The van der Waals surface area contributed by atoms with E-state index in [0.29, 0.717) is 16.2 Å². The second-order valence-corrected chi connectivity index (χ2v) is 8.18. The molecule has 0 saturated carbocycles. The summed E-state index contributed by atoms with van der Waals surface area (Å²) in [5.74, 6) is 0. The van der Waals surface area contributed by atoms with E-state index < -0.39 is 10.0 Å². The van der Waals surface area contributed by atoms with Gasteiger partial charge in [0.05, 0.1) is 22.4 Å². The van der Waals surface area contributed by atoms with E-state index in [0.717, 1.165) is 29.6 Å². The van der Waals surface area contributed by atoms with Gasteiger partial charge in [-0.2, -0.15) is 0 Å². The lowest BCUT2D eigenvalue weighted by molar-refractivity contribution is 0.601. The Bertz CT molecular complexity index is 1020. The van der Waals surface area contributed by atoms with Crippen molar-refractivity contribution in [2.45, 2.75) is 38.6 Å². The van der Waals surface area contributed by atoms with Crippen LogP contribution in [0.4, 0.5) is 5.69 Å². The molecule has 3 aromatic rings. The second kappa shape index (κ2) is 6.69. The van der Waals surface area contributed by atoms with Crippen molar-refractivity contribution in [1.82, 2.24) is 9.55 Å². The Kier molecular flexibility index (Phi) is 4.75. The Morgan fingerprint density at radius 3 is 2.52 bits per heavy atom. The van der Waals surface area contributed by atoms with Gasteiger partial charge < -0.3 is 4.57 Å². The first-order valence-corrected chi connectivity index (χ1v) is 9.93. The summed E-state index contributed by atoms with van der Waals surface area (Å²) in [6, 6.07) is 8.15. The van der Waals surface area contributed by atoms with E-state index in [2.05, 4.69) is 16.6 Å². The maximum absolute atomic E-state index is 12.8. The number of nitrogens with zero attached hydrogens (tertiary/aromatic N) is 2.